The van der Waals surface area contributed by atoms with Gasteiger partial charge in [-0.2, -0.15) is 0 Å². The molecule has 0 spiro atoms. The molecule has 0 aliphatic heterocycles. The first-order valence-corrected chi connectivity index (χ1v) is 6.59. The molecule has 0 radical (unpaired) electrons. The van der Waals surface area contributed by atoms with Gasteiger partial charge < -0.3 is 10.2 Å². The maximum atomic E-state index is 12.1. The Morgan fingerprint density at radius 1 is 1.50 bits per heavy atom. The minimum atomic E-state index is -0.637. The Balaban J connectivity index is 2.83. The first-order valence-electron chi connectivity index (χ1n) is 6.21. The van der Waals surface area contributed by atoms with Gasteiger partial charge in [0.15, 0.2) is 0 Å². The summed E-state index contributed by atoms with van der Waals surface area (Å²) in [6.07, 6.45) is 0.757. The van der Waals surface area contributed by atoms with E-state index in [2.05, 4.69) is 5.32 Å². The van der Waals surface area contributed by atoms with E-state index in [1.165, 1.54) is 18.2 Å². The Labute approximate surface area is 122 Å². The zero-order chi connectivity index (χ0) is 15.3. The van der Waals surface area contributed by atoms with Gasteiger partial charge in [0.2, 0.25) is 0 Å². The molecule has 0 heterocycles. The van der Waals surface area contributed by atoms with Crippen LogP contribution in [0.15, 0.2) is 18.2 Å². The van der Waals surface area contributed by atoms with Crippen molar-refractivity contribution >= 4 is 23.2 Å². The Hall–Kier alpha value is -1.66. The lowest BCUT2D eigenvalue weighted by Crippen LogP contribution is -2.35. The number of amides is 1. The van der Waals surface area contributed by atoms with Gasteiger partial charge in [0.05, 0.1) is 4.92 Å². The predicted octanol–water partition coefficient (Wildman–Crippen LogP) is 2.32. The highest BCUT2D eigenvalue weighted by Crippen LogP contribution is 2.28. The number of rotatable bonds is 6. The highest BCUT2D eigenvalue weighted by atomic mass is 35.5. The van der Waals surface area contributed by atoms with Gasteiger partial charge in [-0.05, 0) is 46.1 Å². The first-order chi connectivity index (χ1) is 9.32. The zero-order valence-corrected chi connectivity index (χ0v) is 12.5. The lowest BCUT2D eigenvalue weighted by Gasteiger charge is -2.16. The van der Waals surface area contributed by atoms with Crippen molar-refractivity contribution in [2.24, 2.45) is 0 Å². The summed E-state index contributed by atoms with van der Waals surface area (Å²) in [4.78, 5) is 24.4. The van der Waals surface area contributed by atoms with Crippen molar-refractivity contribution in [3.8, 4) is 0 Å². The SMILES string of the molecule is CC(CCN(C)C)NC(=O)c1cccc(Cl)c1[N+](=O)[O-]. The molecule has 0 saturated heterocycles. The van der Waals surface area contributed by atoms with Crippen LogP contribution < -0.4 is 5.32 Å². The highest BCUT2D eigenvalue weighted by molar-refractivity contribution is 6.33. The normalized spacial score (nSPS) is 12.2. The molecular formula is C13H18ClN3O3. The van der Waals surface area contributed by atoms with Gasteiger partial charge in [-0.25, -0.2) is 0 Å². The van der Waals surface area contributed by atoms with Gasteiger partial charge in [0, 0.05) is 6.04 Å². The minimum Gasteiger partial charge on any atom is -0.349 e. The van der Waals surface area contributed by atoms with Crippen LogP contribution in [0.1, 0.15) is 23.7 Å². The molecule has 1 atom stereocenters. The van der Waals surface area contributed by atoms with Crippen LogP contribution in [0.5, 0.6) is 0 Å². The molecule has 7 heteroatoms. The number of carbonyl (C=O) groups is 1. The summed E-state index contributed by atoms with van der Waals surface area (Å²) in [6, 6.07) is 4.24. The molecule has 0 aromatic heterocycles. The van der Waals surface area contributed by atoms with Crippen molar-refractivity contribution < 1.29 is 9.72 Å². The predicted molar refractivity (Wildman–Crippen MR) is 78.2 cm³/mol. The summed E-state index contributed by atoms with van der Waals surface area (Å²) >= 11 is 5.78. The van der Waals surface area contributed by atoms with E-state index in [0.717, 1.165) is 13.0 Å². The molecule has 6 nitrogen and oxygen atoms in total. The fraction of sp³-hybridized carbons (Fsp3) is 0.462. The smallest absolute Gasteiger partial charge is 0.300 e. The number of nitro groups is 1. The Bertz CT molecular complexity index is 506. The van der Waals surface area contributed by atoms with E-state index >= 15 is 0 Å². The molecule has 20 heavy (non-hydrogen) atoms. The average Bonchev–Trinajstić information content (AvgIpc) is 2.35. The standard InChI is InChI=1S/C13H18ClN3O3/c1-9(7-8-16(2)3)15-13(18)10-5-4-6-11(14)12(10)17(19)20/h4-6,9H,7-8H2,1-3H3,(H,15,18). The van der Waals surface area contributed by atoms with E-state index < -0.39 is 10.8 Å². The Morgan fingerprint density at radius 3 is 2.70 bits per heavy atom. The first kappa shape index (κ1) is 16.4. The van der Waals surface area contributed by atoms with E-state index in [4.69, 9.17) is 11.6 Å². The largest absolute Gasteiger partial charge is 0.349 e. The van der Waals surface area contributed by atoms with Gasteiger partial charge in [-0.1, -0.05) is 17.7 Å². The lowest BCUT2D eigenvalue weighted by molar-refractivity contribution is -0.385. The number of hydrogen-bond donors (Lipinski definition) is 1. The van der Waals surface area contributed by atoms with Gasteiger partial charge in [0.1, 0.15) is 10.6 Å². The van der Waals surface area contributed by atoms with Crippen molar-refractivity contribution in [1.29, 1.82) is 0 Å². The third-order valence-corrected chi connectivity index (χ3v) is 3.11. The van der Waals surface area contributed by atoms with Crippen molar-refractivity contribution in [3.05, 3.63) is 38.9 Å². The number of nitrogens with zero attached hydrogens (tertiary/aromatic N) is 2. The van der Waals surface area contributed by atoms with Crippen LogP contribution in [0.25, 0.3) is 0 Å². The van der Waals surface area contributed by atoms with E-state index in [1.54, 1.807) is 0 Å². The fourth-order valence-electron chi connectivity index (χ4n) is 1.71. The second-order valence-electron chi connectivity index (χ2n) is 4.86. The molecule has 1 aromatic rings. The molecule has 1 aromatic carbocycles. The molecule has 1 unspecified atom stereocenters. The van der Waals surface area contributed by atoms with Gasteiger partial charge >= 0.3 is 5.69 Å². The molecule has 0 aliphatic carbocycles. The second kappa shape index (κ2) is 7.21. The van der Waals surface area contributed by atoms with Gasteiger partial charge in [-0.3, -0.25) is 14.9 Å². The third kappa shape index (κ3) is 4.47. The quantitative estimate of drug-likeness (QED) is 0.646. The van der Waals surface area contributed by atoms with E-state index in [9.17, 15) is 14.9 Å². The second-order valence-corrected chi connectivity index (χ2v) is 5.27. The molecule has 1 N–H and O–H groups in total. The summed E-state index contributed by atoms with van der Waals surface area (Å²) in [6.45, 7) is 2.68. The molecular weight excluding hydrogens is 282 g/mol. The number of nitro benzene ring substituents is 1. The van der Waals surface area contributed by atoms with E-state index in [0.29, 0.717) is 0 Å². The highest BCUT2D eigenvalue weighted by Gasteiger charge is 2.24. The maximum Gasteiger partial charge on any atom is 0.300 e. The summed E-state index contributed by atoms with van der Waals surface area (Å²) < 4.78 is 0. The monoisotopic (exact) mass is 299 g/mol. The summed E-state index contributed by atoms with van der Waals surface area (Å²) in [5.41, 5.74) is -0.370. The topological polar surface area (TPSA) is 75.5 Å². The molecule has 1 amide bonds. The summed E-state index contributed by atoms with van der Waals surface area (Å²) in [7, 11) is 3.88. The number of nitrogens with one attached hydrogen (secondary N) is 1. The van der Waals surface area contributed by atoms with Gasteiger partial charge in [0.25, 0.3) is 5.91 Å². The van der Waals surface area contributed by atoms with Crippen molar-refractivity contribution in [1.82, 2.24) is 10.2 Å². The van der Waals surface area contributed by atoms with Crippen molar-refractivity contribution in [2.45, 2.75) is 19.4 Å². The van der Waals surface area contributed by atoms with Crippen molar-refractivity contribution in [3.63, 3.8) is 0 Å². The number of benzene rings is 1. The third-order valence-electron chi connectivity index (χ3n) is 2.80. The molecule has 1 rings (SSSR count). The Morgan fingerprint density at radius 2 is 2.15 bits per heavy atom. The molecule has 0 aliphatic rings. The maximum absolute atomic E-state index is 12.1. The van der Waals surface area contributed by atoms with Crippen LogP contribution in [0.2, 0.25) is 5.02 Å². The summed E-state index contributed by atoms with van der Waals surface area (Å²) in [5.74, 6) is -0.481. The van der Waals surface area contributed by atoms with E-state index in [-0.39, 0.29) is 22.3 Å². The summed E-state index contributed by atoms with van der Waals surface area (Å²) in [5, 5.41) is 13.7. The number of para-hydroxylation sites is 1. The number of halogens is 1. The van der Waals surface area contributed by atoms with Crippen LogP contribution in [0, 0.1) is 10.1 Å². The van der Waals surface area contributed by atoms with Crippen LogP contribution in [0.3, 0.4) is 0 Å². The van der Waals surface area contributed by atoms with Crippen LogP contribution in [-0.2, 0) is 0 Å². The molecule has 0 bridgehead atoms. The zero-order valence-electron chi connectivity index (χ0n) is 11.7. The lowest BCUT2D eigenvalue weighted by atomic mass is 10.1. The number of carbonyl (C=O) groups excluding carboxylic acids is 1. The molecule has 0 saturated carbocycles. The van der Waals surface area contributed by atoms with Crippen LogP contribution in [-0.4, -0.2) is 42.4 Å². The van der Waals surface area contributed by atoms with Crippen molar-refractivity contribution in [2.75, 3.05) is 20.6 Å². The number of hydrogen-bond acceptors (Lipinski definition) is 4. The Kier molecular flexibility index (Phi) is 5.91. The average molecular weight is 300 g/mol. The van der Waals surface area contributed by atoms with E-state index in [1.807, 2.05) is 25.9 Å². The molecule has 110 valence electrons. The fourth-order valence-corrected chi connectivity index (χ4v) is 1.95. The minimum absolute atomic E-state index is 0.0146. The van der Waals surface area contributed by atoms with Gasteiger partial charge in [-0.15, -0.1) is 0 Å². The molecule has 0 fully saturated rings. The van der Waals surface area contributed by atoms with Crippen LogP contribution >= 0.6 is 11.6 Å². The van der Waals surface area contributed by atoms with Crippen LogP contribution in [0.4, 0.5) is 5.69 Å².